The zero-order chi connectivity index (χ0) is 38.0. The fourth-order valence-corrected chi connectivity index (χ4v) is 7.88. The summed E-state index contributed by atoms with van der Waals surface area (Å²) in [4.78, 5) is 53.7. The first-order valence-corrected chi connectivity index (χ1v) is 19.5. The van der Waals surface area contributed by atoms with Crippen LogP contribution in [0.25, 0.3) is 10.9 Å². The van der Waals surface area contributed by atoms with Crippen molar-refractivity contribution < 1.29 is 23.9 Å². The second-order valence-corrected chi connectivity index (χ2v) is 15.2. The third kappa shape index (κ3) is 10.2. The molecule has 4 fully saturated rings. The van der Waals surface area contributed by atoms with E-state index >= 15 is 0 Å². The lowest BCUT2D eigenvalue weighted by Gasteiger charge is -2.42. The minimum atomic E-state index is -0.267. The standard InChI is InChI=1S/C24H35N3O2.C18H20N4O3/c1-18-17-26(14-13-19-5-3-2-4-6-19)15-16-27(18)21-9-7-20(8-10-21)22-11-12-23(28)25-24(22)29;1-12(4-3-7-22(11-23)14-5-6-14)20-18(24)15-8-13-10-19-21-16(13)9-17(15)25-2/h7-10,18-19,22H,2-6,11-17H2,1H3,(H,25,28,29);3-4,7-11,14H,5-6H2,1-2H3,(H,19,21)(H,20,24)/b;7-3-,12-4+. The minimum absolute atomic E-state index is 0.155. The highest BCUT2D eigenvalue weighted by Crippen LogP contribution is 2.30. The van der Waals surface area contributed by atoms with Gasteiger partial charge in [0.15, 0.2) is 0 Å². The van der Waals surface area contributed by atoms with Gasteiger partial charge in [0.05, 0.1) is 30.3 Å². The van der Waals surface area contributed by atoms with Crippen LogP contribution in [0.15, 0.2) is 66.6 Å². The van der Waals surface area contributed by atoms with Gasteiger partial charge in [-0.15, -0.1) is 0 Å². The Balaban J connectivity index is 0.000000186. The Bertz CT molecular complexity index is 1830. The summed E-state index contributed by atoms with van der Waals surface area (Å²) < 4.78 is 5.30. The molecule has 3 aromatic rings. The number of hydrogen-bond donors (Lipinski definition) is 3. The predicted molar refractivity (Wildman–Crippen MR) is 210 cm³/mol. The molecule has 0 spiro atoms. The van der Waals surface area contributed by atoms with Crippen LogP contribution in [0.1, 0.15) is 99.9 Å². The number of anilines is 1. The number of hydrogen-bond acceptors (Lipinski definition) is 8. The van der Waals surface area contributed by atoms with Crippen molar-refractivity contribution in [2.24, 2.45) is 5.92 Å². The Morgan fingerprint density at radius 2 is 1.83 bits per heavy atom. The van der Waals surface area contributed by atoms with E-state index in [4.69, 9.17) is 4.74 Å². The molecule has 54 heavy (non-hydrogen) atoms. The summed E-state index contributed by atoms with van der Waals surface area (Å²) in [5.41, 5.74) is 4.15. The smallest absolute Gasteiger partial charge is 0.259 e. The van der Waals surface area contributed by atoms with Gasteiger partial charge in [0.2, 0.25) is 18.2 Å². The molecule has 2 unspecified atom stereocenters. The lowest BCUT2D eigenvalue weighted by molar-refractivity contribution is -0.134. The van der Waals surface area contributed by atoms with Crippen molar-refractivity contribution in [2.45, 2.75) is 96.1 Å². The molecule has 2 saturated heterocycles. The molecule has 2 aromatic carbocycles. The number of aromatic nitrogens is 2. The van der Waals surface area contributed by atoms with Crippen molar-refractivity contribution >= 4 is 40.7 Å². The SMILES string of the molecule is CC1CN(CCC2CCCCC2)CCN1c1ccc(C2CCC(=O)NC2=O)cc1.COc1cc2[nH]ncc2cc1C(=O)N/C(C)=C/C=C\N(C=O)C1CC1. The summed E-state index contributed by atoms with van der Waals surface area (Å²) in [7, 11) is 1.52. The summed E-state index contributed by atoms with van der Waals surface area (Å²) in [5.74, 6) is 0.648. The maximum atomic E-state index is 12.5. The number of benzene rings is 2. The van der Waals surface area contributed by atoms with E-state index in [9.17, 15) is 19.2 Å². The van der Waals surface area contributed by atoms with Crippen molar-refractivity contribution in [3.63, 3.8) is 0 Å². The highest BCUT2D eigenvalue weighted by molar-refractivity contribution is 6.02. The van der Waals surface area contributed by atoms with E-state index < -0.39 is 0 Å². The number of allylic oxidation sites excluding steroid dienone is 3. The summed E-state index contributed by atoms with van der Waals surface area (Å²) >= 11 is 0. The van der Waals surface area contributed by atoms with Crippen LogP contribution in [0.2, 0.25) is 0 Å². The Morgan fingerprint density at radius 1 is 1.06 bits per heavy atom. The van der Waals surface area contributed by atoms with Gasteiger partial charge in [-0.25, -0.2) is 0 Å². The number of methoxy groups -OCH3 is 1. The monoisotopic (exact) mass is 737 g/mol. The van der Waals surface area contributed by atoms with Crippen LogP contribution in [-0.4, -0.2) is 89.5 Å². The van der Waals surface area contributed by atoms with E-state index in [1.165, 1.54) is 57.9 Å². The van der Waals surface area contributed by atoms with Crippen LogP contribution in [0.3, 0.4) is 0 Å². The van der Waals surface area contributed by atoms with Crippen LogP contribution in [0.5, 0.6) is 5.75 Å². The molecule has 2 atom stereocenters. The second-order valence-electron chi connectivity index (χ2n) is 15.2. The van der Waals surface area contributed by atoms with Crippen molar-refractivity contribution in [3.05, 3.63) is 77.8 Å². The third-order valence-electron chi connectivity index (χ3n) is 11.2. The average molecular weight is 738 g/mol. The number of amides is 4. The number of ether oxygens (including phenoxy) is 1. The van der Waals surface area contributed by atoms with Crippen LogP contribution >= 0.6 is 0 Å². The largest absolute Gasteiger partial charge is 0.496 e. The first kappa shape index (κ1) is 38.7. The molecule has 2 aliphatic heterocycles. The molecule has 12 nitrogen and oxygen atoms in total. The van der Waals surface area contributed by atoms with E-state index in [1.807, 2.05) is 0 Å². The Morgan fingerprint density at radius 3 is 2.52 bits per heavy atom. The number of imide groups is 1. The Labute approximate surface area is 318 Å². The van der Waals surface area contributed by atoms with Crippen LogP contribution < -0.4 is 20.3 Å². The number of fused-ring (bicyclic) bond motifs is 1. The van der Waals surface area contributed by atoms with E-state index in [1.54, 1.807) is 48.5 Å². The highest BCUT2D eigenvalue weighted by Gasteiger charge is 2.29. The highest BCUT2D eigenvalue weighted by atomic mass is 16.5. The number of aromatic amines is 1. The molecule has 0 bridgehead atoms. The summed E-state index contributed by atoms with van der Waals surface area (Å²) in [6, 6.07) is 12.7. The number of carbonyl (C=O) groups excluding carboxylic acids is 4. The van der Waals surface area contributed by atoms with Crippen LogP contribution in [-0.2, 0) is 14.4 Å². The van der Waals surface area contributed by atoms with E-state index in [0.717, 1.165) is 61.3 Å². The molecule has 4 amide bonds. The first-order valence-electron chi connectivity index (χ1n) is 19.5. The lowest BCUT2D eigenvalue weighted by atomic mass is 9.87. The topological polar surface area (TPSA) is 140 Å². The Hall–Kier alpha value is -4.97. The minimum Gasteiger partial charge on any atom is -0.496 e. The average Bonchev–Trinajstić information content (AvgIpc) is 3.92. The maximum absolute atomic E-state index is 12.5. The van der Waals surface area contributed by atoms with Crippen molar-refractivity contribution in [2.75, 3.05) is 38.2 Å². The molecule has 2 saturated carbocycles. The van der Waals surface area contributed by atoms with Gasteiger partial charge in [-0.05, 0) is 87.9 Å². The number of H-pyrrole nitrogens is 1. The molecule has 2 aliphatic carbocycles. The molecule has 3 N–H and O–H groups in total. The first-order chi connectivity index (χ1) is 26.2. The van der Waals surface area contributed by atoms with Crippen molar-refractivity contribution in [1.29, 1.82) is 0 Å². The van der Waals surface area contributed by atoms with Gasteiger partial charge in [-0.1, -0.05) is 44.2 Å². The van der Waals surface area contributed by atoms with E-state index in [0.29, 0.717) is 41.9 Å². The van der Waals surface area contributed by atoms with Gasteiger partial charge < -0.3 is 19.9 Å². The fourth-order valence-electron chi connectivity index (χ4n) is 7.88. The zero-order valence-electron chi connectivity index (χ0n) is 31.9. The van der Waals surface area contributed by atoms with Gasteiger partial charge in [0.1, 0.15) is 5.75 Å². The number of carbonyl (C=O) groups is 4. The maximum Gasteiger partial charge on any atom is 0.259 e. The van der Waals surface area contributed by atoms with Crippen LogP contribution in [0, 0.1) is 5.92 Å². The second kappa shape index (κ2) is 18.4. The number of piperidine rings is 1. The molecule has 7 rings (SSSR count). The Kier molecular flexibility index (Phi) is 13.2. The van der Waals surface area contributed by atoms with Gasteiger partial charge in [0.25, 0.3) is 5.91 Å². The summed E-state index contributed by atoms with van der Waals surface area (Å²) in [6.45, 7) is 8.67. The summed E-state index contributed by atoms with van der Waals surface area (Å²) in [6.07, 6.45) is 19.4. The van der Waals surface area contributed by atoms with Gasteiger partial charge in [0, 0.05) is 67.2 Å². The molecule has 288 valence electrons. The van der Waals surface area contributed by atoms with Gasteiger partial charge >= 0.3 is 0 Å². The molecule has 0 radical (unpaired) electrons. The number of piperazine rings is 1. The lowest BCUT2D eigenvalue weighted by Crippen LogP contribution is -2.52. The third-order valence-corrected chi connectivity index (χ3v) is 11.2. The number of rotatable bonds is 12. The molecule has 3 heterocycles. The molecule has 4 aliphatic rings. The van der Waals surface area contributed by atoms with Gasteiger partial charge in [-0.3, -0.25) is 34.5 Å². The zero-order valence-corrected chi connectivity index (χ0v) is 31.9. The molecule has 12 heteroatoms. The predicted octanol–water partition coefficient (Wildman–Crippen LogP) is 6.03. The van der Waals surface area contributed by atoms with E-state index in [2.05, 4.69) is 61.8 Å². The van der Waals surface area contributed by atoms with Crippen molar-refractivity contribution in [1.82, 2.24) is 30.6 Å². The molecular weight excluding hydrogens is 683 g/mol. The number of nitrogens with zero attached hydrogens (tertiary/aromatic N) is 4. The van der Waals surface area contributed by atoms with Crippen LogP contribution in [0.4, 0.5) is 5.69 Å². The van der Waals surface area contributed by atoms with E-state index in [-0.39, 0.29) is 23.6 Å². The quantitative estimate of drug-likeness (QED) is 0.116. The molecule has 1 aromatic heterocycles. The normalized spacial score (nSPS) is 21.4. The molecular formula is C42H55N7O5. The van der Waals surface area contributed by atoms with Gasteiger partial charge in [-0.2, -0.15) is 5.10 Å². The summed E-state index contributed by atoms with van der Waals surface area (Å²) in [5, 5.41) is 12.9. The fraction of sp³-hybridized carbons (Fsp3) is 0.500. The van der Waals surface area contributed by atoms with Crippen molar-refractivity contribution in [3.8, 4) is 5.75 Å². The number of nitrogens with one attached hydrogen (secondary N) is 3.